The van der Waals surface area contributed by atoms with Crippen LogP contribution >= 0.6 is 11.3 Å². The largest absolute Gasteiger partial charge is 0.355 e. The molecule has 150 valence electrons. The summed E-state index contributed by atoms with van der Waals surface area (Å²) in [6.07, 6.45) is 1.34. The molecule has 2 amide bonds. The summed E-state index contributed by atoms with van der Waals surface area (Å²) in [7, 11) is 0. The molecule has 1 N–H and O–H groups in total. The normalized spacial score (nSPS) is 19.2. The molecular formula is C21H20FN3O3S. The first-order valence-corrected chi connectivity index (χ1v) is 10.3. The first-order valence-electron chi connectivity index (χ1n) is 9.44. The van der Waals surface area contributed by atoms with E-state index in [4.69, 9.17) is 4.52 Å². The summed E-state index contributed by atoms with van der Waals surface area (Å²) in [6, 6.07) is 10.4. The molecule has 1 aliphatic rings. The van der Waals surface area contributed by atoms with Gasteiger partial charge in [0.1, 0.15) is 11.9 Å². The third-order valence-corrected chi connectivity index (χ3v) is 5.93. The standard InChI is InChI=1S/C21H20FN3O3S/c1-2-4-17-20(26)23-16(19-5-3-10-29-19)12-25(17)21(27)15-11-18(28-24-15)13-6-8-14(22)9-7-13/h3,5-11,16-17H,2,4,12H2,1H3,(H,23,26)/t16-,17+/m1/s1. The van der Waals surface area contributed by atoms with E-state index in [0.29, 0.717) is 24.3 Å². The highest BCUT2D eigenvalue weighted by molar-refractivity contribution is 7.10. The molecule has 0 radical (unpaired) electrons. The van der Waals surface area contributed by atoms with Gasteiger partial charge in [-0.05, 0) is 42.1 Å². The van der Waals surface area contributed by atoms with Crippen LogP contribution in [0.3, 0.4) is 0 Å². The lowest BCUT2D eigenvalue weighted by Crippen LogP contribution is -2.58. The van der Waals surface area contributed by atoms with Crippen molar-refractivity contribution in [1.29, 1.82) is 0 Å². The maximum atomic E-state index is 13.2. The lowest BCUT2D eigenvalue weighted by molar-refractivity contribution is -0.129. The molecule has 1 aliphatic heterocycles. The van der Waals surface area contributed by atoms with Gasteiger partial charge < -0.3 is 14.7 Å². The molecule has 8 heteroatoms. The zero-order valence-corrected chi connectivity index (χ0v) is 16.6. The summed E-state index contributed by atoms with van der Waals surface area (Å²) in [5.74, 6) is -0.494. The van der Waals surface area contributed by atoms with E-state index in [1.165, 1.54) is 18.2 Å². The summed E-state index contributed by atoms with van der Waals surface area (Å²) < 4.78 is 18.4. The maximum absolute atomic E-state index is 13.2. The van der Waals surface area contributed by atoms with Gasteiger partial charge in [0.25, 0.3) is 5.91 Å². The Hall–Kier alpha value is -3.00. The number of halogens is 1. The van der Waals surface area contributed by atoms with Crippen molar-refractivity contribution in [3.05, 3.63) is 64.2 Å². The average Bonchev–Trinajstić information content (AvgIpc) is 3.42. The molecule has 0 unspecified atom stereocenters. The average molecular weight is 413 g/mol. The highest BCUT2D eigenvalue weighted by atomic mass is 32.1. The van der Waals surface area contributed by atoms with E-state index in [1.54, 1.807) is 28.4 Å². The number of rotatable bonds is 5. The summed E-state index contributed by atoms with van der Waals surface area (Å²) in [5, 5.41) is 8.88. The van der Waals surface area contributed by atoms with Crippen LogP contribution in [0.4, 0.5) is 4.39 Å². The number of aromatic nitrogens is 1. The van der Waals surface area contributed by atoms with Crippen LogP contribution in [0, 0.1) is 5.82 Å². The molecule has 0 saturated carbocycles. The molecule has 3 heterocycles. The van der Waals surface area contributed by atoms with Crippen LogP contribution in [0.1, 0.15) is 41.2 Å². The maximum Gasteiger partial charge on any atom is 0.276 e. The number of benzene rings is 1. The summed E-state index contributed by atoms with van der Waals surface area (Å²) >= 11 is 1.54. The molecule has 4 rings (SSSR count). The Bertz CT molecular complexity index is 1000. The van der Waals surface area contributed by atoms with Crippen molar-refractivity contribution in [3.63, 3.8) is 0 Å². The SMILES string of the molecule is CCC[C@H]1C(=O)N[C@@H](c2cccs2)CN1C(=O)c1cc(-c2ccc(F)cc2)on1. The second-order valence-corrected chi connectivity index (χ2v) is 7.90. The molecule has 2 atom stereocenters. The molecule has 0 spiro atoms. The number of hydrogen-bond acceptors (Lipinski definition) is 5. The first-order chi connectivity index (χ1) is 14.1. The van der Waals surface area contributed by atoms with Crippen LogP contribution in [0.5, 0.6) is 0 Å². The second-order valence-electron chi connectivity index (χ2n) is 6.92. The van der Waals surface area contributed by atoms with E-state index in [0.717, 1.165) is 11.3 Å². The lowest BCUT2D eigenvalue weighted by Gasteiger charge is -2.38. The van der Waals surface area contributed by atoms with Gasteiger partial charge in [-0.2, -0.15) is 0 Å². The fourth-order valence-electron chi connectivity index (χ4n) is 3.49. The van der Waals surface area contributed by atoms with E-state index in [9.17, 15) is 14.0 Å². The number of nitrogens with one attached hydrogen (secondary N) is 1. The van der Waals surface area contributed by atoms with Crippen molar-refractivity contribution in [3.8, 4) is 11.3 Å². The predicted octanol–water partition coefficient (Wildman–Crippen LogP) is 4.02. The number of amides is 2. The van der Waals surface area contributed by atoms with Gasteiger partial charge in [-0.25, -0.2) is 4.39 Å². The van der Waals surface area contributed by atoms with Crippen LogP contribution in [-0.2, 0) is 4.79 Å². The summed E-state index contributed by atoms with van der Waals surface area (Å²) in [5.41, 5.74) is 0.751. The van der Waals surface area contributed by atoms with Crippen LogP contribution in [0.2, 0.25) is 0 Å². The molecule has 6 nitrogen and oxygen atoms in total. The number of piperazine rings is 1. The third-order valence-electron chi connectivity index (χ3n) is 4.94. The molecule has 29 heavy (non-hydrogen) atoms. The monoisotopic (exact) mass is 413 g/mol. The van der Waals surface area contributed by atoms with Gasteiger partial charge >= 0.3 is 0 Å². The van der Waals surface area contributed by atoms with Gasteiger partial charge in [-0.1, -0.05) is 24.6 Å². The molecular weight excluding hydrogens is 393 g/mol. The number of thiophene rings is 1. The Kier molecular flexibility index (Phi) is 5.44. The summed E-state index contributed by atoms with van der Waals surface area (Å²) in [4.78, 5) is 28.5. The van der Waals surface area contributed by atoms with E-state index in [1.807, 2.05) is 24.4 Å². The fraction of sp³-hybridized carbons (Fsp3) is 0.286. The first kappa shape index (κ1) is 19.3. The van der Waals surface area contributed by atoms with E-state index >= 15 is 0 Å². The van der Waals surface area contributed by atoms with Gasteiger partial charge in [0, 0.05) is 23.1 Å². The smallest absolute Gasteiger partial charge is 0.276 e. The molecule has 1 fully saturated rings. The van der Waals surface area contributed by atoms with Gasteiger partial charge in [0.2, 0.25) is 5.91 Å². The van der Waals surface area contributed by atoms with Gasteiger partial charge in [-0.15, -0.1) is 11.3 Å². The number of carbonyl (C=O) groups is 2. The molecule has 0 aliphatic carbocycles. The summed E-state index contributed by atoms with van der Waals surface area (Å²) in [6.45, 7) is 2.35. The second kappa shape index (κ2) is 8.16. The number of carbonyl (C=O) groups excluding carboxylic acids is 2. The third kappa shape index (κ3) is 3.93. The Morgan fingerprint density at radius 1 is 1.34 bits per heavy atom. The van der Waals surface area contributed by atoms with E-state index in [2.05, 4.69) is 10.5 Å². The van der Waals surface area contributed by atoms with Gasteiger partial charge in [0.15, 0.2) is 11.5 Å². The van der Waals surface area contributed by atoms with Crippen molar-refractivity contribution in [1.82, 2.24) is 15.4 Å². The van der Waals surface area contributed by atoms with Crippen LogP contribution < -0.4 is 5.32 Å². The van der Waals surface area contributed by atoms with Crippen LogP contribution in [0.25, 0.3) is 11.3 Å². The minimum Gasteiger partial charge on any atom is -0.355 e. The topological polar surface area (TPSA) is 75.4 Å². The molecule has 1 aromatic carbocycles. The lowest BCUT2D eigenvalue weighted by atomic mass is 10.0. The molecule has 1 saturated heterocycles. The van der Waals surface area contributed by atoms with Gasteiger partial charge in [-0.3, -0.25) is 9.59 Å². The fourth-order valence-corrected chi connectivity index (χ4v) is 4.26. The van der Waals surface area contributed by atoms with Crippen molar-refractivity contribution >= 4 is 23.2 Å². The Balaban J connectivity index is 1.60. The van der Waals surface area contributed by atoms with Crippen molar-refractivity contribution in [2.24, 2.45) is 0 Å². The quantitative estimate of drug-likeness (QED) is 0.685. The van der Waals surface area contributed by atoms with Crippen LogP contribution in [0.15, 0.2) is 52.4 Å². The zero-order chi connectivity index (χ0) is 20.4. The van der Waals surface area contributed by atoms with Crippen molar-refractivity contribution < 1.29 is 18.5 Å². The number of nitrogens with zero attached hydrogens (tertiary/aromatic N) is 2. The Labute approximate surface area is 171 Å². The number of hydrogen-bond donors (Lipinski definition) is 1. The van der Waals surface area contributed by atoms with Gasteiger partial charge in [0.05, 0.1) is 6.04 Å². The minimum atomic E-state index is -0.547. The Morgan fingerprint density at radius 2 is 2.14 bits per heavy atom. The molecule has 2 aromatic heterocycles. The minimum absolute atomic E-state index is 0.130. The van der Waals surface area contributed by atoms with E-state index < -0.39 is 6.04 Å². The van der Waals surface area contributed by atoms with Crippen molar-refractivity contribution in [2.75, 3.05) is 6.54 Å². The highest BCUT2D eigenvalue weighted by Gasteiger charge is 2.38. The predicted molar refractivity (Wildman–Crippen MR) is 107 cm³/mol. The zero-order valence-electron chi connectivity index (χ0n) is 15.8. The van der Waals surface area contributed by atoms with Crippen LogP contribution in [-0.4, -0.2) is 34.5 Å². The van der Waals surface area contributed by atoms with E-state index in [-0.39, 0.29) is 29.4 Å². The molecule has 3 aromatic rings. The highest BCUT2D eigenvalue weighted by Crippen LogP contribution is 2.28. The molecule has 0 bridgehead atoms. The Morgan fingerprint density at radius 3 is 2.83 bits per heavy atom. The van der Waals surface area contributed by atoms with Crippen molar-refractivity contribution in [2.45, 2.75) is 31.8 Å².